The summed E-state index contributed by atoms with van der Waals surface area (Å²) >= 11 is 0. The lowest BCUT2D eigenvalue weighted by atomic mass is 9.48. The van der Waals surface area contributed by atoms with Gasteiger partial charge in [0.15, 0.2) is 0 Å². The highest BCUT2D eigenvalue weighted by atomic mass is 32.2. The minimum atomic E-state index is -3.98. The number of methoxy groups -OCH3 is 1. The lowest BCUT2D eigenvalue weighted by molar-refractivity contribution is -0.171. The monoisotopic (exact) mass is 484 g/mol. The van der Waals surface area contributed by atoms with E-state index in [1.807, 2.05) is 0 Å². The van der Waals surface area contributed by atoms with Crippen LogP contribution in [0.2, 0.25) is 0 Å². The Kier molecular flexibility index (Phi) is 6.08. The second kappa shape index (κ2) is 8.66. The van der Waals surface area contributed by atoms with Crippen molar-refractivity contribution in [2.75, 3.05) is 7.11 Å². The van der Waals surface area contributed by atoms with Crippen LogP contribution in [0.25, 0.3) is 0 Å². The van der Waals surface area contributed by atoms with Crippen molar-refractivity contribution in [2.45, 2.75) is 80.7 Å². The van der Waals surface area contributed by atoms with Crippen LogP contribution < -0.4 is 15.5 Å². The summed E-state index contributed by atoms with van der Waals surface area (Å²) in [6.07, 6.45) is 7.81. The molecule has 0 aromatic heterocycles. The van der Waals surface area contributed by atoms with Crippen molar-refractivity contribution in [3.8, 4) is 0 Å². The van der Waals surface area contributed by atoms with Crippen molar-refractivity contribution < 1.29 is 22.7 Å². The molecule has 9 heteroatoms. The van der Waals surface area contributed by atoms with Crippen LogP contribution in [-0.4, -0.2) is 46.8 Å². The molecule has 2 atom stereocenters. The van der Waals surface area contributed by atoms with Gasteiger partial charge in [0, 0.05) is 6.04 Å². The van der Waals surface area contributed by atoms with E-state index >= 15 is 0 Å². The molecule has 0 spiro atoms. The Hall–Kier alpha value is -1.87. The van der Waals surface area contributed by atoms with Crippen LogP contribution in [-0.2, 0) is 24.3 Å². The average Bonchev–Trinajstić information content (AvgIpc) is 2.80. The standard InChI is InChI=1S/C25H33BN2O5S/c1-33-23(30)24-13-16-11-17(14-24)21(18(12-16)15-24)27-22(29)25(9-5-2-6-10-25)28-34(31,32)20-8-4-3-7-19(20)26/h3-4,7-8,16-18,21,28H,2,5-6,9-15H2,1H3,(H,27,29). The van der Waals surface area contributed by atoms with Gasteiger partial charge in [-0.2, -0.15) is 4.72 Å². The molecule has 1 amide bonds. The molecule has 0 heterocycles. The Labute approximate surface area is 203 Å². The molecule has 34 heavy (non-hydrogen) atoms. The summed E-state index contributed by atoms with van der Waals surface area (Å²) in [4.78, 5) is 26.4. The maximum Gasteiger partial charge on any atom is 0.311 e. The zero-order valence-electron chi connectivity index (χ0n) is 19.7. The molecule has 5 aliphatic carbocycles. The van der Waals surface area contributed by atoms with E-state index in [1.165, 1.54) is 13.2 Å². The van der Waals surface area contributed by atoms with E-state index < -0.39 is 21.0 Å². The van der Waals surface area contributed by atoms with Crippen LogP contribution in [0.3, 0.4) is 0 Å². The molecule has 5 aliphatic rings. The average molecular weight is 484 g/mol. The number of ether oxygens (including phenoxy) is 1. The fourth-order valence-electron chi connectivity index (χ4n) is 7.58. The van der Waals surface area contributed by atoms with Crippen molar-refractivity contribution in [3.05, 3.63) is 24.3 Å². The number of carbonyl (C=O) groups excluding carboxylic acids is 2. The number of amides is 1. The molecule has 0 saturated heterocycles. The smallest absolute Gasteiger partial charge is 0.311 e. The van der Waals surface area contributed by atoms with Gasteiger partial charge in [-0.25, -0.2) is 8.42 Å². The molecule has 4 bridgehead atoms. The second-order valence-corrected chi connectivity index (χ2v) is 12.7. The molecule has 182 valence electrons. The van der Waals surface area contributed by atoms with E-state index in [0.29, 0.717) is 18.8 Å². The number of nitrogens with one attached hydrogen (secondary N) is 2. The lowest BCUT2D eigenvalue weighted by Crippen LogP contribution is -2.66. The fourth-order valence-corrected chi connectivity index (χ4v) is 9.14. The second-order valence-electron chi connectivity index (χ2n) is 11.0. The zero-order chi connectivity index (χ0) is 24.1. The molecule has 6 rings (SSSR count). The van der Waals surface area contributed by atoms with Crippen molar-refractivity contribution in [1.29, 1.82) is 0 Å². The van der Waals surface area contributed by atoms with Gasteiger partial charge in [0.05, 0.1) is 17.4 Å². The molecule has 1 aromatic rings. The highest BCUT2D eigenvalue weighted by Crippen LogP contribution is 2.60. The van der Waals surface area contributed by atoms with Gasteiger partial charge in [-0.3, -0.25) is 9.59 Å². The molecule has 2 radical (unpaired) electrons. The summed E-state index contributed by atoms with van der Waals surface area (Å²) in [7, 11) is 3.43. The normalized spacial score (nSPS) is 33.9. The molecular weight excluding hydrogens is 451 g/mol. The minimum absolute atomic E-state index is 0.00221. The van der Waals surface area contributed by atoms with Gasteiger partial charge in [0.25, 0.3) is 0 Å². The summed E-state index contributed by atoms with van der Waals surface area (Å²) in [5.74, 6) is 0.573. The molecule has 5 fully saturated rings. The molecule has 2 N–H and O–H groups in total. The minimum Gasteiger partial charge on any atom is -0.469 e. The quantitative estimate of drug-likeness (QED) is 0.475. The Balaban J connectivity index is 1.38. The van der Waals surface area contributed by atoms with Gasteiger partial charge in [-0.1, -0.05) is 42.9 Å². The van der Waals surface area contributed by atoms with Gasteiger partial charge in [-0.15, -0.1) is 0 Å². The fraction of sp³-hybridized carbons (Fsp3) is 0.680. The Morgan fingerprint density at radius 3 is 2.29 bits per heavy atom. The first-order valence-corrected chi connectivity index (χ1v) is 13.9. The number of sulfonamides is 1. The Morgan fingerprint density at radius 1 is 1.03 bits per heavy atom. The number of esters is 1. The van der Waals surface area contributed by atoms with Gasteiger partial charge in [0.2, 0.25) is 15.9 Å². The van der Waals surface area contributed by atoms with Gasteiger partial charge >= 0.3 is 5.97 Å². The highest BCUT2D eigenvalue weighted by molar-refractivity contribution is 7.89. The van der Waals surface area contributed by atoms with Crippen molar-refractivity contribution in [2.24, 2.45) is 23.2 Å². The summed E-state index contributed by atoms with van der Waals surface area (Å²) < 4.78 is 34.5. The van der Waals surface area contributed by atoms with Gasteiger partial charge in [0.1, 0.15) is 13.4 Å². The van der Waals surface area contributed by atoms with E-state index in [4.69, 9.17) is 12.6 Å². The largest absolute Gasteiger partial charge is 0.469 e. The SMILES string of the molecule is [B]c1ccccc1S(=O)(=O)NC1(C(=O)NC2C3CC4CC2CC(C(=O)OC)(C4)C3)CCCCC1. The molecule has 1 aromatic carbocycles. The number of hydrogen-bond donors (Lipinski definition) is 2. The molecule has 7 nitrogen and oxygen atoms in total. The molecule has 0 aliphatic heterocycles. The molecule has 2 unspecified atom stereocenters. The Morgan fingerprint density at radius 2 is 1.68 bits per heavy atom. The lowest BCUT2D eigenvalue weighted by Gasteiger charge is -2.59. The number of carbonyl (C=O) groups is 2. The molecular formula is C25H33BN2O5S. The van der Waals surface area contributed by atoms with E-state index in [0.717, 1.165) is 51.4 Å². The van der Waals surface area contributed by atoms with Crippen LogP contribution in [0, 0.1) is 23.2 Å². The first-order valence-electron chi connectivity index (χ1n) is 12.5. The highest BCUT2D eigenvalue weighted by Gasteiger charge is 2.60. The molecule has 5 saturated carbocycles. The third-order valence-electron chi connectivity index (χ3n) is 8.87. The first-order chi connectivity index (χ1) is 16.2. The van der Waals surface area contributed by atoms with Crippen LogP contribution in [0.15, 0.2) is 29.2 Å². The van der Waals surface area contributed by atoms with Gasteiger partial charge < -0.3 is 10.1 Å². The van der Waals surface area contributed by atoms with Crippen LogP contribution in [0.5, 0.6) is 0 Å². The zero-order valence-corrected chi connectivity index (χ0v) is 20.5. The van der Waals surface area contributed by atoms with Crippen molar-refractivity contribution >= 4 is 35.2 Å². The summed E-state index contributed by atoms with van der Waals surface area (Å²) in [5.41, 5.74) is -1.44. The van der Waals surface area contributed by atoms with Crippen LogP contribution in [0.1, 0.15) is 64.2 Å². The Bertz CT molecular complexity index is 1070. The van der Waals surface area contributed by atoms with Crippen molar-refractivity contribution in [3.63, 3.8) is 0 Å². The summed E-state index contributed by atoms with van der Waals surface area (Å²) in [6.45, 7) is 0. The van der Waals surface area contributed by atoms with E-state index in [-0.39, 0.29) is 40.1 Å². The number of rotatable bonds is 6. The van der Waals surface area contributed by atoms with Crippen molar-refractivity contribution in [1.82, 2.24) is 10.0 Å². The van der Waals surface area contributed by atoms with E-state index in [2.05, 4.69) is 10.0 Å². The summed E-state index contributed by atoms with van der Waals surface area (Å²) in [5, 5.41) is 3.29. The predicted octanol–water partition coefficient (Wildman–Crippen LogP) is 1.95. The topological polar surface area (TPSA) is 102 Å². The third-order valence-corrected chi connectivity index (χ3v) is 10.5. The summed E-state index contributed by atoms with van der Waals surface area (Å²) in [6, 6.07) is 6.30. The van der Waals surface area contributed by atoms with E-state index in [1.54, 1.807) is 18.2 Å². The maximum atomic E-state index is 13.8. The van der Waals surface area contributed by atoms with Crippen LogP contribution >= 0.6 is 0 Å². The first kappa shape index (κ1) is 23.9. The number of hydrogen-bond acceptors (Lipinski definition) is 5. The van der Waals surface area contributed by atoms with Gasteiger partial charge in [-0.05, 0) is 68.8 Å². The van der Waals surface area contributed by atoms with E-state index in [9.17, 15) is 18.0 Å². The third kappa shape index (κ3) is 3.98. The predicted molar refractivity (Wildman–Crippen MR) is 128 cm³/mol. The van der Waals surface area contributed by atoms with Crippen LogP contribution in [0.4, 0.5) is 0 Å². The maximum absolute atomic E-state index is 13.8. The number of benzene rings is 1.